The lowest BCUT2D eigenvalue weighted by Gasteiger charge is -2.39. The average molecular weight is 321 g/mol. The number of hydrogen-bond donors (Lipinski definition) is 4. The Kier molecular flexibility index (Phi) is 4.47. The number of aliphatic hydroxyl groups excluding tert-OH is 4. The first kappa shape index (κ1) is 16.1. The van der Waals surface area contributed by atoms with Crippen molar-refractivity contribution in [2.75, 3.05) is 6.61 Å². The van der Waals surface area contributed by atoms with Gasteiger partial charge in [-0.2, -0.15) is 0 Å². The van der Waals surface area contributed by atoms with Crippen LogP contribution in [0.4, 0.5) is 0 Å². The molecule has 0 bridgehead atoms. The summed E-state index contributed by atoms with van der Waals surface area (Å²) in [5.74, 6) is 0.433. The van der Waals surface area contributed by atoms with E-state index in [1.807, 2.05) is 25.1 Å². The van der Waals surface area contributed by atoms with E-state index < -0.39 is 37.3 Å². The maximum atomic E-state index is 10.1. The first-order chi connectivity index (χ1) is 11.0. The van der Waals surface area contributed by atoms with Crippen LogP contribution in [0.5, 0.6) is 5.75 Å². The highest BCUT2D eigenvalue weighted by Gasteiger charge is 2.44. The van der Waals surface area contributed by atoms with Crippen LogP contribution in [0.15, 0.2) is 30.5 Å². The minimum Gasteiger partial charge on any atom is -0.461 e. The second kappa shape index (κ2) is 6.38. The van der Waals surface area contributed by atoms with Gasteiger partial charge in [0.2, 0.25) is 6.29 Å². The number of pyridine rings is 1. The maximum absolute atomic E-state index is 10.1. The van der Waals surface area contributed by atoms with E-state index in [4.69, 9.17) is 9.47 Å². The smallest absolute Gasteiger partial charge is 0.229 e. The Morgan fingerprint density at radius 2 is 1.91 bits per heavy atom. The van der Waals surface area contributed by atoms with Gasteiger partial charge in [0.1, 0.15) is 30.2 Å². The van der Waals surface area contributed by atoms with Crippen molar-refractivity contribution in [1.82, 2.24) is 4.98 Å². The molecule has 0 spiro atoms. The SMILES string of the molecule is Cc1cccc2c(O[C@H]3O[C@H](CO)[C@@H](O)[C@H](O)[C@H]3O)ccnc12. The summed E-state index contributed by atoms with van der Waals surface area (Å²) in [5, 5.41) is 39.6. The molecule has 1 aliphatic rings. The Balaban J connectivity index is 1.91. The predicted octanol–water partition coefficient (Wildman–Crippen LogP) is -0.278. The van der Waals surface area contributed by atoms with Gasteiger partial charge in [-0.3, -0.25) is 4.98 Å². The van der Waals surface area contributed by atoms with Gasteiger partial charge in [-0.05, 0) is 24.6 Å². The first-order valence-corrected chi connectivity index (χ1v) is 7.34. The molecule has 1 aromatic carbocycles. The van der Waals surface area contributed by atoms with Crippen molar-refractivity contribution in [1.29, 1.82) is 0 Å². The number of aromatic nitrogens is 1. The Bertz CT molecular complexity index is 691. The van der Waals surface area contributed by atoms with Crippen LogP contribution in [-0.4, -0.2) is 62.7 Å². The molecule has 5 atom stereocenters. The summed E-state index contributed by atoms with van der Waals surface area (Å²) in [7, 11) is 0. The molecule has 2 aromatic rings. The molecular formula is C16H19NO6. The fourth-order valence-corrected chi connectivity index (χ4v) is 2.69. The van der Waals surface area contributed by atoms with Crippen LogP contribution in [0.1, 0.15) is 5.56 Å². The molecule has 124 valence electrons. The van der Waals surface area contributed by atoms with Crippen molar-refractivity contribution < 1.29 is 29.9 Å². The summed E-state index contributed by atoms with van der Waals surface area (Å²) in [5.41, 5.74) is 1.73. The van der Waals surface area contributed by atoms with Crippen molar-refractivity contribution in [3.63, 3.8) is 0 Å². The van der Waals surface area contributed by atoms with Gasteiger partial charge < -0.3 is 29.9 Å². The van der Waals surface area contributed by atoms with Crippen molar-refractivity contribution in [2.45, 2.75) is 37.6 Å². The van der Waals surface area contributed by atoms with Crippen molar-refractivity contribution in [3.8, 4) is 5.75 Å². The van der Waals surface area contributed by atoms with Crippen LogP contribution >= 0.6 is 0 Å². The summed E-state index contributed by atoms with van der Waals surface area (Å²) in [6, 6.07) is 7.24. The molecule has 1 saturated heterocycles. The Morgan fingerprint density at radius 3 is 2.65 bits per heavy atom. The van der Waals surface area contributed by atoms with Crippen molar-refractivity contribution in [3.05, 3.63) is 36.0 Å². The molecule has 23 heavy (non-hydrogen) atoms. The zero-order valence-electron chi connectivity index (χ0n) is 12.5. The Hall–Kier alpha value is -1.77. The monoisotopic (exact) mass is 321 g/mol. The van der Waals surface area contributed by atoms with Crippen LogP contribution in [0.3, 0.4) is 0 Å². The van der Waals surface area contributed by atoms with E-state index in [-0.39, 0.29) is 0 Å². The number of nitrogens with zero attached hydrogens (tertiary/aromatic N) is 1. The van der Waals surface area contributed by atoms with Gasteiger partial charge in [0, 0.05) is 11.6 Å². The fraction of sp³-hybridized carbons (Fsp3) is 0.438. The summed E-state index contributed by atoms with van der Waals surface area (Å²) in [4.78, 5) is 4.30. The third kappa shape index (κ3) is 2.89. The van der Waals surface area contributed by atoms with E-state index in [1.165, 1.54) is 0 Å². The van der Waals surface area contributed by atoms with E-state index in [0.717, 1.165) is 16.5 Å². The van der Waals surface area contributed by atoms with Crippen LogP contribution in [0.25, 0.3) is 10.9 Å². The lowest BCUT2D eigenvalue weighted by Crippen LogP contribution is -2.60. The molecule has 0 saturated carbocycles. The van der Waals surface area contributed by atoms with Crippen LogP contribution in [0.2, 0.25) is 0 Å². The summed E-state index contributed by atoms with van der Waals surface area (Å²) >= 11 is 0. The molecule has 1 aliphatic heterocycles. The quantitative estimate of drug-likeness (QED) is 0.615. The van der Waals surface area contributed by atoms with E-state index in [0.29, 0.717) is 5.75 Å². The summed E-state index contributed by atoms with van der Waals surface area (Å²) < 4.78 is 11.1. The third-order valence-electron chi connectivity index (χ3n) is 4.02. The molecule has 3 rings (SSSR count). The van der Waals surface area contributed by atoms with Gasteiger partial charge >= 0.3 is 0 Å². The largest absolute Gasteiger partial charge is 0.461 e. The molecule has 4 N–H and O–H groups in total. The standard InChI is InChI=1S/C16H19NO6/c1-8-3-2-4-9-10(5-6-17-12(8)9)22-16-15(21)14(20)13(19)11(7-18)23-16/h2-6,11,13-16,18-21H,7H2,1H3/t11-,13-,14+,15-,16+/m1/s1. The zero-order valence-corrected chi connectivity index (χ0v) is 12.5. The number of aliphatic hydroxyl groups is 4. The molecule has 0 unspecified atom stereocenters. The highest BCUT2D eigenvalue weighted by molar-refractivity contribution is 5.87. The van der Waals surface area contributed by atoms with Gasteiger partial charge in [-0.1, -0.05) is 12.1 Å². The number of fused-ring (bicyclic) bond motifs is 1. The molecule has 0 amide bonds. The second-order valence-electron chi connectivity index (χ2n) is 5.60. The molecule has 0 radical (unpaired) electrons. The topological polar surface area (TPSA) is 112 Å². The number of para-hydroxylation sites is 1. The van der Waals surface area contributed by atoms with E-state index in [1.54, 1.807) is 12.3 Å². The molecule has 1 aromatic heterocycles. The van der Waals surface area contributed by atoms with Gasteiger partial charge in [-0.25, -0.2) is 0 Å². The van der Waals surface area contributed by atoms with Crippen molar-refractivity contribution in [2.24, 2.45) is 0 Å². The number of hydrogen-bond acceptors (Lipinski definition) is 7. The number of benzene rings is 1. The minimum absolute atomic E-state index is 0.433. The summed E-state index contributed by atoms with van der Waals surface area (Å²) in [6.45, 7) is 1.42. The molecule has 1 fully saturated rings. The fourth-order valence-electron chi connectivity index (χ4n) is 2.69. The van der Waals surface area contributed by atoms with Gasteiger partial charge in [0.25, 0.3) is 0 Å². The Labute approximate surface area is 132 Å². The predicted molar refractivity (Wildman–Crippen MR) is 80.9 cm³/mol. The Morgan fingerprint density at radius 1 is 1.13 bits per heavy atom. The molecule has 2 heterocycles. The third-order valence-corrected chi connectivity index (χ3v) is 4.02. The highest BCUT2D eigenvalue weighted by atomic mass is 16.7. The van der Waals surface area contributed by atoms with Gasteiger partial charge in [0.15, 0.2) is 0 Å². The van der Waals surface area contributed by atoms with E-state index in [9.17, 15) is 20.4 Å². The first-order valence-electron chi connectivity index (χ1n) is 7.34. The molecule has 7 heteroatoms. The van der Waals surface area contributed by atoms with Crippen LogP contribution < -0.4 is 4.74 Å². The van der Waals surface area contributed by atoms with E-state index >= 15 is 0 Å². The summed E-state index contributed by atoms with van der Waals surface area (Å²) in [6.07, 6.45) is -4.97. The highest BCUT2D eigenvalue weighted by Crippen LogP contribution is 2.29. The maximum Gasteiger partial charge on any atom is 0.229 e. The van der Waals surface area contributed by atoms with Crippen molar-refractivity contribution >= 4 is 10.9 Å². The van der Waals surface area contributed by atoms with Crippen LogP contribution in [0, 0.1) is 6.92 Å². The lowest BCUT2D eigenvalue weighted by molar-refractivity contribution is -0.277. The normalized spacial score (nSPS) is 31.3. The molecule has 0 aliphatic carbocycles. The number of aryl methyl sites for hydroxylation is 1. The molecule has 7 nitrogen and oxygen atoms in total. The zero-order chi connectivity index (χ0) is 16.6. The van der Waals surface area contributed by atoms with Gasteiger partial charge in [-0.15, -0.1) is 0 Å². The van der Waals surface area contributed by atoms with Crippen LogP contribution in [-0.2, 0) is 4.74 Å². The average Bonchev–Trinajstić information content (AvgIpc) is 2.56. The number of rotatable bonds is 3. The van der Waals surface area contributed by atoms with E-state index in [2.05, 4.69) is 4.98 Å². The molecular weight excluding hydrogens is 302 g/mol. The van der Waals surface area contributed by atoms with Gasteiger partial charge in [0.05, 0.1) is 12.1 Å². The number of ether oxygens (including phenoxy) is 2. The second-order valence-corrected chi connectivity index (χ2v) is 5.60. The minimum atomic E-state index is -1.47. The lowest BCUT2D eigenvalue weighted by atomic mass is 9.99.